The zero-order chi connectivity index (χ0) is 17.5. The van der Waals surface area contributed by atoms with Crippen molar-refractivity contribution in [2.45, 2.75) is 18.2 Å². The van der Waals surface area contributed by atoms with Gasteiger partial charge in [-0.15, -0.1) is 11.8 Å². The number of aromatic nitrogens is 1. The first-order valence-electron chi connectivity index (χ1n) is 8.43. The minimum atomic E-state index is 0.0544. The Balaban J connectivity index is 1.42. The predicted octanol–water partition coefficient (Wildman–Crippen LogP) is 4.02. The summed E-state index contributed by atoms with van der Waals surface area (Å²) in [7, 11) is 0. The van der Waals surface area contributed by atoms with Crippen LogP contribution in [0.2, 0.25) is 0 Å². The molecule has 1 aromatic heterocycles. The van der Waals surface area contributed by atoms with E-state index in [9.17, 15) is 4.79 Å². The SMILES string of the molecule is CCOc1ccc(SCC(=O)NCCc2c[nH]c3ccccc23)cc1. The Hall–Kier alpha value is -2.40. The summed E-state index contributed by atoms with van der Waals surface area (Å²) in [6, 6.07) is 16.0. The fourth-order valence-corrected chi connectivity index (χ4v) is 3.40. The highest BCUT2D eigenvalue weighted by Crippen LogP contribution is 2.21. The lowest BCUT2D eigenvalue weighted by molar-refractivity contribution is -0.118. The van der Waals surface area contributed by atoms with Crippen molar-refractivity contribution in [3.63, 3.8) is 0 Å². The van der Waals surface area contributed by atoms with Crippen LogP contribution < -0.4 is 10.1 Å². The average molecular weight is 354 g/mol. The molecule has 0 fully saturated rings. The largest absolute Gasteiger partial charge is 0.494 e. The summed E-state index contributed by atoms with van der Waals surface area (Å²) in [6.45, 7) is 3.26. The van der Waals surface area contributed by atoms with Crippen molar-refractivity contribution in [2.24, 2.45) is 0 Å². The molecule has 0 unspecified atom stereocenters. The standard InChI is InChI=1S/C20H22N2O2S/c1-2-24-16-7-9-17(10-8-16)25-14-20(23)21-12-11-15-13-22-19-6-4-3-5-18(15)19/h3-10,13,22H,2,11-12,14H2,1H3,(H,21,23). The summed E-state index contributed by atoms with van der Waals surface area (Å²) in [5.41, 5.74) is 2.37. The molecule has 2 aromatic carbocycles. The van der Waals surface area contributed by atoms with Gasteiger partial charge >= 0.3 is 0 Å². The Morgan fingerprint density at radius 1 is 1.16 bits per heavy atom. The smallest absolute Gasteiger partial charge is 0.230 e. The van der Waals surface area contributed by atoms with Crippen molar-refractivity contribution in [3.05, 3.63) is 60.3 Å². The second-order valence-electron chi connectivity index (χ2n) is 5.65. The quantitative estimate of drug-likeness (QED) is 0.601. The van der Waals surface area contributed by atoms with Gasteiger partial charge in [0.2, 0.25) is 5.91 Å². The van der Waals surface area contributed by atoms with Gasteiger partial charge in [0.1, 0.15) is 5.75 Å². The van der Waals surface area contributed by atoms with E-state index in [0.29, 0.717) is 18.9 Å². The lowest BCUT2D eigenvalue weighted by atomic mass is 10.1. The minimum Gasteiger partial charge on any atom is -0.494 e. The van der Waals surface area contributed by atoms with Gasteiger partial charge in [-0.3, -0.25) is 4.79 Å². The number of H-pyrrole nitrogens is 1. The first kappa shape index (κ1) is 17.4. The van der Waals surface area contributed by atoms with Gasteiger partial charge in [-0.2, -0.15) is 0 Å². The van der Waals surface area contributed by atoms with E-state index >= 15 is 0 Å². The van der Waals surface area contributed by atoms with Gasteiger partial charge < -0.3 is 15.0 Å². The molecule has 0 saturated heterocycles. The molecule has 2 N–H and O–H groups in total. The first-order valence-corrected chi connectivity index (χ1v) is 9.42. The molecule has 130 valence electrons. The normalized spacial score (nSPS) is 10.8. The summed E-state index contributed by atoms with van der Waals surface area (Å²) >= 11 is 1.53. The van der Waals surface area contributed by atoms with Crippen LogP contribution in [-0.4, -0.2) is 29.8 Å². The van der Waals surface area contributed by atoms with Crippen LogP contribution in [0.4, 0.5) is 0 Å². The maximum absolute atomic E-state index is 12.0. The Morgan fingerprint density at radius 2 is 1.96 bits per heavy atom. The molecule has 1 amide bonds. The van der Waals surface area contributed by atoms with E-state index in [0.717, 1.165) is 22.6 Å². The topological polar surface area (TPSA) is 54.1 Å². The molecule has 3 aromatic rings. The highest BCUT2D eigenvalue weighted by molar-refractivity contribution is 8.00. The van der Waals surface area contributed by atoms with Crippen LogP contribution in [0.3, 0.4) is 0 Å². The molecular formula is C20H22N2O2S. The number of ether oxygens (including phenoxy) is 1. The number of nitrogens with one attached hydrogen (secondary N) is 2. The number of carbonyl (C=O) groups is 1. The minimum absolute atomic E-state index is 0.0544. The van der Waals surface area contributed by atoms with Crippen molar-refractivity contribution in [3.8, 4) is 5.75 Å². The molecule has 0 atom stereocenters. The molecule has 0 aliphatic heterocycles. The van der Waals surface area contributed by atoms with E-state index in [1.54, 1.807) is 0 Å². The van der Waals surface area contributed by atoms with Crippen LogP contribution in [0, 0.1) is 0 Å². The number of para-hydroxylation sites is 1. The zero-order valence-electron chi connectivity index (χ0n) is 14.2. The number of carbonyl (C=O) groups excluding carboxylic acids is 1. The summed E-state index contributed by atoms with van der Waals surface area (Å²) in [5, 5.41) is 4.21. The Labute approximate surface area is 152 Å². The van der Waals surface area contributed by atoms with E-state index in [4.69, 9.17) is 4.74 Å². The lowest BCUT2D eigenvalue weighted by Gasteiger charge is -2.06. The van der Waals surface area contributed by atoms with Gasteiger partial charge in [-0.25, -0.2) is 0 Å². The Bertz CT molecular complexity index is 827. The van der Waals surface area contributed by atoms with Crippen LogP contribution in [0.1, 0.15) is 12.5 Å². The van der Waals surface area contributed by atoms with Gasteiger partial charge in [-0.05, 0) is 49.2 Å². The van der Waals surface area contributed by atoms with Gasteiger partial charge in [0.05, 0.1) is 12.4 Å². The molecule has 0 aliphatic carbocycles. The maximum Gasteiger partial charge on any atom is 0.230 e. The number of aromatic amines is 1. The van der Waals surface area contributed by atoms with Gasteiger partial charge in [0.25, 0.3) is 0 Å². The number of amides is 1. The summed E-state index contributed by atoms with van der Waals surface area (Å²) in [4.78, 5) is 16.3. The zero-order valence-corrected chi connectivity index (χ0v) is 15.1. The van der Waals surface area contributed by atoms with Gasteiger partial charge in [-0.1, -0.05) is 18.2 Å². The first-order chi connectivity index (χ1) is 12.3. The third kappa shape index (κ3) is 4.79. The van der Waals surface area contributed by atoms with Crippen molar-refractivity contribution in [2.75, 3.05) is 18.9 Å². The van der Waals surface area contributed by atoms with Crippen LogP contribution in [0.25, 0.3) is 10.9 Å². The van der Waals surface area contributed by atoms with Crippen molar-refractivity contribution >= 4 is 28.6 Å². The molecule has 0 bridgehead atoms. The van der Waals surface area contributed by atoms with Crippen molar-refractivity contribution < 1.29 is 9.53 Å². The van der Waals surface area contributed by atoms with Gasteiger partial charge in [0, 0.05) is 28.5 Å². The number of fused-ring (bicyclic) bond motifs is 1. The summed E-state index contributed by atoms with van der Waals surface area (Å²) in [6.07, 6.45) is 2.84. The molecular weight excluding hydrogens is 332 g/mol. The number of benzene rings is 2. The Kier molecular flexibility index (Phi) is 6.01. The maximum atomic E-state index is 12.0. The van der Waals surface area contributed by atoms with E-state index in [1.165, 1.54) is 22.7 Å². The van der Waals surface area contributed by atoms with Crippen LogP contribution in [0.15, 0.2) is 59.6 Å². The molecule has 4 nitrogen and oxygen atoms in total. The second kappa shape index (κ2) is 8.62. The molecule has 5 heteroatoms. The molecule has 1 heterocycles. The molecule has 0 radical (unpaired) electrons. The average Bonchev–Trinajstić information content (AvgIpc) is 3.05. The highest BCUT2D eigenvalue weighted by atomic mass is 32.2. The number of hydrogen-bond acceptors (Lipinski definition) is 3. The number of hydrogen-bond donors (Lipinski definition) is 2. The molecule has 25 heavy (non-hydrogen) atoms. The Morgan fingerprint density at radius 3 is 2.76 bits per heavy atom. The molecule has 3 rings (SSSR count). The van der Waals surface area contributed by atoms with E-state index in [-0.39, 0.29) is 5.91 Å². The van der Waals surface area contributed by atoms with E-state index in [2.05, 4.69) is 22.4 Å². The molecule has 0 saturated carbocycles. The summed E-state index contributed by atoms with van der Waals surface area (Å²) in [5.74, 6) is 1.33. The van der Waals surface area contributed by atoms with Crippen LogP contribution in [0.5, 0.6) is 5.75 Å². The van der Waals surface area contributed by atoms with E-state index < -0.39 is 0 Å². The molecule has 0 spiro atoms. The number of rotatable bonds is 8. The van der Waals surface area contributed by atoms with E-state index in [1.807, 2.05) is 49.5 Å². The monoisotopic (exact) mass is 354 g/mol. The fourth-order valence-electron chi connectivity index (χ4n) is 2.67. The van der Waals surface area contributed by atoms with Crippen LogP contribution in [-0.2, 0) is 11.2 Å². The van der Waals surface area contributed by atoms with Crippen molar-refractivity contribution in [1.29, 1.82) is 0 Å². The highest BCUT2D eigenvalue weighted by Gasteiger charge is 2.05. The third-order valence-corrected chi connectivity index (χ3v) is 4.91. The summed E-state index contributed by atoms with van der Waals surface area (Å²) < 4.78 is 5.41. The van der Waals surface area contributed by atoms with Crippen LogP contribution >= 0.6 is 11.8 Å². The third-order valence-electron chi connectivity index (χ3n) is 3.90. The molecule has 0 aliphatic rings. The van der Waals surface area contributed by atoms with Crippen molar-refractivity contribution in [1.82, 2.24) is 10.3 Å². The lowest BCUT2D eigenvalue weighted by Crippen LogP contribution is -2.27. The second-order valence-corrected chi connectivity index (χ2v) is 6.70. The number of thioether (sulfide) groups is 1. The van der Waals surface area contributed by atoms with Gasteiger partial charge in [0.15, 0.2) is 0 Å². The predicted molar refractivity (Wildman–Crippen MR) is 103 cm³/mol. The fraction of sp³-hybridized carbons (Fsp3) is 0.250.